The van der Waals surface area contributed by atoms with E-state index in [-0.39, 0.29) is 19.3 Å². The number of phosphoric ester groups is 2. The summed E-state index contributed by atoms with van der Waals surface area (Å²) in [6.07, 6.45) is 96.4. The molecule has 0 fully saturated rings. The van der Waals surface area contributed by atoms with Crippen LogP contribution in [0.15, 0.2) is 134 Å². The number of carbonyl (C=O) groups excluding carboxylic acids is 3. The van der Waals surface area contributed by atoms with Crippen molar-refractivity contribution >= 4 is 33.6 Å². The third-order valence-corrected chi connectivity index (χ3v) is 19.3. The molecule has 0 aromatic heterocycles. The van der Waals surface area contributed by atoms with Crippen molar-refractivity contribution in [1.29, 1.82) is 0 Å². The van der Waals surface area contributed by atoms with E-state index in [0.29, 0.717) is 19.3 Å². The van der Waals surface area contributed by atoms with Crippen LogP contribution >= 0.6 is 15.6 Å². The summed E-state index contributed by atoms with van der Waals surface area (Å²) in [4.78, 5) is 58.7. The maximum Gasteiger partial charge on any atom is 0.472 e. The van der Waals surface area contributed by atoms with Crippen molar-refractivity contribution in [2.45, 2.75) is 360 Å². The van der Waals surface area contributed by atoms with Gasteiger partial charge in [0.2, 0.25) is 0 Å². The molecule has 18 heteroatoms. The lowest BCUT2D eigenvalue weighted by atomic mass is 10.0. The summed E-state index contributed by atoms with van der Waals surface area (Å²) < 4.78 is 61.2. The van der Waals surface area contributed by atoms with Crippen LogP contribution in [0.3, 0.4) is 0 Å². The van der Waals surface area contributed by atoms with Gasteiger partial charge in [-0.1, -0.05) is 341 Å². The van der Waals surface area contributed by atoms with E-state index in [1.165, 1.54) is 128 Å². The van der Waals surface area contributed by atoms with Crippen molar-refractivity contribution in [2.75, 3.05) is 39.6 Å². The highest BCUT2D eigenvalue weighted by Crippen LogP contribution is 2.45. The van der Waals surface area contributed by atoms with Crippen LogP contribution in [-0.2, 0) is 55.8 Å². The van der Waals surface area contributed by atoms with Crippen LogP contribution in [0, 0.1) is 0 Å². The van der Waals surface area contributed by atoms with Gasteiger partial charge in [0.15, 0.2) is 6.10 Å². The van der Waals surface area contributed by atoms with Gasteiger partial charge in [-0.2, -0.15) is 0 Å². The van der Waals surface area contributed by atoms with Gasteiger partial charge in [-0.25, -0.2) is 9.13 Å². The molecule has 0 aliphatic heterocycles. The molecule has 0 aromatic rings. The summed E-state index contributed by atoms with van der Waals surface area (Å²) in [5.74, 6) is -1.59. The Morgan fingerprint density at radius 2 is 0.505 bits per heavy atom. The zero-order chi connectivity index (χ0) is 76.6. The highest BCUT2D eigenvalue weighted by atomic mass is 31.2. The first kappa shape index (κ1) is 101. The number of allylic oxidation sites excluding steroid dienone is 22. The minimum Gasteiger partial charge on any atom is -0.463 e. The average molecular weight is 1510 g/mol. The highest BCUT2D eigenvalue weighted by Gasteiger charge is 2.29. The topological polar surface area (TPSA) is 231 Å². The lowest BCUT2D eigenvalue weighted by molar-refractivity contribution is -0.161. The van der Waals surface area contributed by atoms with Crippen molar-refractivity contribution in [3.63, 3.8) is 0 Å². The van der Waals surface area contributed by atoms with Gasteiger partial charge in [-0.3, -0.25) is 32.5 Å². The number of phosphoric acid groups is 2. The van der Waals surface area contributed by atoms with Gasteiger partial charge in [0.25, 0.3) is 0 Å². The smallest absolute Gasteiger partial charge is 0.463 e. The molecule has 0 radical (unpaired) electrons. The molecular formula is C87H150O16P2. The molecule has 0 saturated carbocycles. The molecule has 0 aromatic carbocycles. The minimum absolute atomic E-state index is 0.102. The van der Waals surface area contributed by atoms with E-state index < -0.39 is 91.5 Å². The number of aliphatic hydroxyl groups is 2. The molecule has 16 nitrogen and oxygen atoms in total. The molecule has 0 bridgehead atoms. The van der Waals surface area contributed by atoms with Crippen LogP contribution < -0.4 is 0 Å². The molecule has 5 atom stereocenters. The summed E-state index contributed by atoms with van der Waals surface area (Å²) in [6, 6.07) is 0. The molecular weight excluding hydrogens is 1360 g/mol. The van der Waals surface area contributed by atoms with Gasteiger partial charge in [0.1, 0.15) is 25.4 Å². The predicted octanol–water partition coefficient (Wildman–Crippen LogP) is 24.7. The molecule has 604 valence electrons. The Morgan fingerprint density at radius 3 is 0.800 bits per heavy atom. The maximum atomic E-state index is 13.0. The van der Waals surface area contributed by atoms with Gasteiger partial charge < -0.3 is 34.2 Å². The lowest BCUT2D eigenvalue weighted by Gasteiger charge is -2.21. The molecule has 0 aliphatic rings. The first-order chi connectivity index (χ1) is 51.2. The minimum atomic E-state index is -4.93. The normalized spacial score (nSPS) is 14.6. The molecule has 105 heavy (non-hydrogen) atoms. The highest BCUT2D eigenvalue weighted by molar-refractivity contribution is 7.47. The number of aliphatic hydroxyl groups excluding tert-OH is 2. The molecule has 0 amide bonds. The fourth-order valence-electron chi connectivity index (χ4n) is 11.1. The Morgan fingerprint density at radius 1 is 0.276 bits per heavy atom. The number of hydrogen-bond donors (Lipinski definition) is 4. The van der Waals surface area contributed by atoms with Gasteiger partial charge in [-0.15, -0.1) is 0 Å². The number of carbonyl (C=O) groups is 3. The quantitative estimate of drug-likeness (QED) is 0.0146. The summed E-state index contributed by atoms with van der Waals surface area (Å²) >= 11 is 0. The Hall–Kier alpha value is -4.31. The molecule has 0 aliphatic carbocycles. The van der Waals surface area contributed by atoms with Crippen LogP contribution in [0.1, 0.15) is 342 Å². The molecule has 0 rings (SSSR count). The molecule has 0 spiro atoms. The maximum absolute atomic E-state index is 13.0. The van der Waals surface area contributed by atoms with Gasteiger partial charge in [-0.05, 0) is 116 Å². The van der Waals surface area contributed by atoms with E-state index >= 15 is 0 Å². The number of unbranched alkanes of at least 4 members (excludes halogenated alkanes) is 33. The number of esters is 3. The van der Waals surface area contributed by atoms with E-state index in [4.69, 9.17) is 32.3 Å². The van der Waals surface area contributed by atoms with Crippen LogP contribution in [0.5, 0.6) is 0 Å². The van der Waals surface area contributed by atoms with E-state index in [2.05, 4.69) is 154 Å². The fourth-order valence-corrected chi connectivity index (χ4v) is 12.7. The number of ether oxygens (including phenoxy) is 3. The molecule has 0 saturated heterocycles. The van der Waals surface area contributed by atoms with Crippen LogP contribution in [0.4, 0.5) is 0 Å². The first-order valence-corrected chi connectivity index (χ1v) is 44.5. The Labute approximate surface area is 639 Å². The summed E-state index contributed by atoms with van der Waals surface area (Å²) in [6.45, 7) is 2.47. The van der Waals surface area contributed by atoms with Crippen LogP contribution in [0.2, 0.25) is 0 Å². The number of hydrogen-bond acceptors (Lipinski definition) is 14. The fraction of sp³-hybridized carbons (Fsp3) is 0.713. The van der Waals surface area contributed by atoms with E-state index in [1.54, 1.807) is 0 Å². The molecule has 5 unspecified atom stereocenters. The number of rotatable bonds is 78. The molecule has 4 N–H and O–H groups in total. The van der Waals surface area contributed by atoms with Crippen LogP contribution in [0.25, 0.3) is 0 Å². The Balaban J connectivity index is 4.47. The van der Waals surface area contributed by atoms with Crippen molar-refractivity contribution < 1.29 is 75.8 Å². The van der Waals surface area contributed by atoms with E-state index in [9.17, 15) is 43.5 Å². The van der Waals surface area contributed by atoms with Gasteiger partial charge >= 0.3 is 33.6 Å². The van der Waals surface area contributed by atoms with Crippen molar-refractivity contribution in [2.24, 2.45) is 0 Å². The second-order valence-corrected chi connectivity index (χ2v) is 30.4. The average Bonchev–Trinajstić information content (AvgIpc) is 0.940. The summed E-state index contributed by atoms with van der Waals surface area (Å²) in [7, 11) is -9.79. The SMILES string of the molecule is CC/C=C\C/C=C\C/C=C\C/C=C\C/C=C\C/C=C\CCCCCCCCCCCCCCCCC(=O)OCC(O)COP(=O)(O)OCC(O)COP(=O)(O)OCC(COC(=O)CCCCCCC/C=C\C/C=C\C/C=C\C/C=C\C/C=C\CC)OC(=O)CCCCCCCCCCCCCCCCC. The second kappa shape index (κ2) is 79.2. The Kier molecular flexibility index (Phi) is 76.0. The standard InChI is InChI=1S/C87H150O16P2/c1-4-7-10-13-16-19-22-25-28-30-32-34-35-36-37-38-39-40-41-42-43-44-45-47-49-50-53-55-58-61-64-67-70-73-85(90)97-76-82(88)77-99-104(93,94)100-78-83(89)79-101-105(95,96)102-81-84(103-87(92)75-72-69-66-63-60-57-52-27-24-21-18-15-12-9-6-3)80-98-86(91)74-71-68-65-62-59-56-54-51-48-46-33-31-29-26-23-20-17-14-11-8-5-2/h7-8,10-11,16-17,19-20,25-26,28-29,32-34,36-37,39-40,46,51,54,82-84,88-89H,4-6,9,12-15,18,21-24,27,30-31,35,38,41-45,47-50,52-53,55-81H2,1-3H3,(H,93,94)(H,95,96)/b10-7-,11-8-,19-16-,20-17-,28-25-,29-26-,34-32-,37-36-,40-39-,46-33-,54-51-. The summed E-state index contributed by atoms with van der Waals surface area (Å²) in [5.41, 5.74) is 0. The zero-order valence-corrected chi connectivity index (χ0v) is 67.9. The zero-order valence-electron chi connectivity index (χ0n) is 66.1. The molecule has 0 heterocycles. The predicted molar refractivity (Wildman–Crippen MR) is 436 cm³/mol. The van der Waals surface area contributed by atoms with E-state index in [1.807, 2.05) is 0 Å². The van der Waals surface area contributed by atoms with Crippen molar-refractivity contribution in [3.8, 4) is 0 Å². The second-order valence-electron chi connectivity index (χ2n) is 27.5. The van der Waals surface area contributed by atoms with Crippen molar-refractivity contribution in [3.05, 3.63) is 134 Å². The third-order valence-electron chi connectivity index (χ3n) is 17.4. The first-order valence-electron chi connectivity index (χ1n) is 41.5. The lowest BCUT2D eigenvalue weighted by Crippen LogP contribution is -2.30. The van der Waals surface area contributed by atoms with Crippen LogP contribution in [-0.4, -0.2) is 95.9 Å². The van der Waals surface area contributed by atoms with E-state index in [0.717, 1.165) is 154 Å². The summed E-state index contributed by atoms with van der Waals surface area (Å²) in [5, 5.41) is 20.7. The van der Waals surface area contributed by atoms with Gasteiger partial charge in [0, 0.05) is 19.3 Å². The van der Waals surface area contributed by atoms with Gasteiger partial charge in [0.05, 0.1) is 26.4 Å². The largest absolute Gasteiger partial charge is 0.472 e. The Bertz CT molecular complexity index is 2440. The third kappa shape index (κ3) is 80.5. The van der Waals surface area contributed by atoms with Crippen molar-refractivity contribution in [1.82, 2.24) is 0 Å². The monoisotopic (exact) mass is 1510 g/mol.